The molecule has 2 nitrogen and oxygen atoms in total. The van der Waals surface area contributed by atoms with Gasteiger partial charge in [0.2, 0.25) is 0 Å². The summed E-state index contributed by atoms with van der Waals surface area (Å²) in [5.74, 6) is -0.141. The summed E-state index contributed by atoms with van der Waals surface area (Å²) >= 11 is 0. The smallest absolute Gasteiger partial charge is 0.311 e. The van der Waals surface area contributed by atoms with Crippen LogP contribution in [0.15, 0.2) is 36.4 Å². The Hall–Kier alpha value is -1.57. The maximum Gasteiger partial charge on any atom is 0.311 e. The molecular formula is C15H20O2. The molecule has 0 aliphatic rings. The fourth-order valence-electron chi connectivity index (χ4n) is 1.46. The van der Waals surface area contributed by atoms with Gasteiger partial charge in [-0.1, -0.05) is 42.5 Å². The topological polar surface area (TPSA) is 26.3 Å². The van der Waals surface area contributed by atoms with Gasteiger partial charge < -0.3 is 4.74 Å². The maximum atomic E-state index is 11.7. The van der Waals surface area contributed by atoms with Crippen LogP contribution in [-0.2, 0) is 9.53 Å². The van der Waals surface area contributed by atoms with Gasteiger partial charge in [0.25, 0.3) is 0 Å². The summed E-state index contributed by atoms with van der Waals surface area (Å²) in [5, 5.41) is 0. The van der Waals surface area contributed by atoms with E-state index in [9.17, 15) is 4.79 Å². The monoisotopic (exact) mass is 232 g/mol. The van der Waals surface area contributed by atoms with Crippen LogP contribution in [0.2, 0.25) is 0 Å². The third-order valence-corrected chi connectivity index (χ3v) is 2.57. The predicted octanol–water partition coefficient (Wildman–Crippen LogP) is 3.68. The highest BCUT2D eigenvalue weighted by Crippen LogP contribution is 2.23. The number of allylic oxidation sites excluding steroid dienone is 1. The molecule has 0 saturated carbocycles. The molecular weight excluding hydrogens is 212 g/mol. The summed E-state index contributed by atoms with van der Waals surface area (Å²) in [6.07, 6.45) is 4.73. The predicted molar refractivity (Wildman–Crippen MR) is 70.5 cm³/mol. The first kappa shape index (κ1) is 13.5. The van der Waals surface area contributed by atoms with E-state index in [1.165, 1.54) is 0 Å². The Balaban J connectivity index is 2.55. The van der Waals surface area contributed by atoms with Crippen molar-refractivity contribution in [1.29, 1.82) is 0 Å². The van der Waals surface area contributed by atoms with Crippen LogP contribution in [0, 0.1) is 5.41 Å². The van der Waals surface area contributed by atoms with Crippen molar-refractivity contribution < 1.29 is 9.53 Å². The van der Waals surface area contributed by atoms with E-state index in [0.717, 1.165) is 5.56 Å². The first-order chi connectivity index (χ1) is 8.06. The first-order valence-corrected chi connectivity index (χ1v) is 5.95. The lowest BCUT2D eigenvalue weighted by atomic mass is 9.89. The average molecular weight is 232 g/mol. The SMILES string of the molecule is CCOC(=O)C(C)(C)C/C=C/c1ccccc1. The van der Waals surface area contributed by atoms with Crippen LogP contribution in [0.1, 0.15) is 32.8 Å². The maximum absolute atomic E-state index is 11.7. The minimum atomic E-state index is -0.457. The molecule has 0 bridgehead atoms. The van der Waals surface area contributed by atoms with Crippen LogP contribution < -0.4 is 0 Å². The molecule has 0 radical (unpaired) electrons. The molecule has 1 rings (SSSR count). The molecule has 2 heteroatoms. The molecule has 0 aliphatic heterocycles. The van der Waals surface area contributed by atoms with Crippen molar-refractivity contribution in [2.75, 3.05) is 6.61 Å². The molecule has 0 aliphatic carbocycles. The molecule has 92 valence electrons. The van der Waals surface area contributed by atoms with Crippen LogP contribution in [0.5, 0.6) is 0 Å². The molecule has 0 atom stereocenters. The van der Waals surface area contributed by atoms with Crippen LogP contribution >= 0.6 is 0 Å². The molecule has 0 unspecified atom stereocenters. The Bertz CT molecular complexity index is 377. The number of ether oxygens (including phenoxy) is 1. The second-order valence-electron chi connectivity index (χ2n) is 4.62. The molecule has 0 aromatic heterocycles. The van der Waals surface area contributed by atoms with Gasteiger partial charge in [-0.2, -0.15) is 0 Å². The van der Waals surface area contributed by atoms with Crippen LogP contribution in [-0.4, -0.2) is 12.6 Å². The second kappa shape index (κ2) is 6.24. The third-order valence-electron chi connectivity index (χ3n) is 2.57. The lowest BCUT2D eigenvalue weighted by molar-refractivity contribution is -0.153. The fraction of sp³-hybridized carbons (Fsp3) is 0.400. The first-order valence-electron chi connectivity index (χ1n) is 5.95. The van der Waals surface area contributed by atoms with E-state index in [-0.39, 0.29) is 5.97 Å². The normalized spacial score (nSPS) is 11.7. The molecule has 0 amide bonds. The van der Waals surface area contributed by atoms with E-state index in [2.05, 4.69) is 0 Å². The minimum absolute atomic E-state index is 0.141. The molecule has 0 saturated heterocycles. The molecule has 0 N–H and O–H groups in total. The minimum Gasteiger partial charge on any atom is -0.466 e. The molecule has 0 spiro atoms. The van der Waals surface area contributed by atoms with Gasteiger partial charge >= 0.3 is 5.97 Å². The van der Waals surface area contributed by atoms with Gasteiger partial charge in [-0.25, -0.2) is 0 Å². The van der Waals surface area contributed by atoms with E-state index in [4.69, 9.17) is 4.74 Å². The number of benzene rings is 1. The third kappa shape index (κ3) is 4.43. The van der Waals surface area contributed by atoms with E-state index in [1.807, 2.05) is 63.3 Å². The summed E-state index contributed by atoms with van der Waals surface area (Å²) < 4.78 is 5.04. The van der Waals surface area contributed by atoms with Gasteiger partial charge in [-0.15, -0.1) is 0 Å². The van der Waals surface area contributed by atoms with Crippen LogP contribution in [0.4, 0.5) is 0 Å². The Morgan fingerprint density at radius 2 is 1.94 bits per heavy atom. The zero-order valence-electron chi connectivity index (χ0n) is 10.8. The van der Waals surface area contributed by atoms with Crippen molar-refractivity contribution in [3.8, 4) is 0 Å². The highest BCUT2D eigenvalue weighted by atomic mass is 16.5. The highest BCUT2D eigenvalue weighted by Gasteiger charge is 2.27. The van der Waals surface area contributed by atoms with Crippen molar-refractivity contribution in [1.82, 2.24) is 0 Å². The fourth-order valence-corrected chi connectivity index (χ4v) is 1.46. The van der Waals surface area contributed by atoms with Crippen molar-refractivity contribution in [2.24, 2.45) is 5.41 Å². The Kier molecular flexibility index (Phi) is 4.95. The number of rotatable bonds is 5. The van der Waals surface area contributed by atoms with Crippen LogP contribution in [0.3, 0.4) is 0 Å². The summed E-state index contributed by atoms with van der Waals surface area (Å²) in [6.45, 7) is 6.07. The van der Waals surface area contributed by atoms with E-state index >= 15 is 0 Å². The van der Waals surface area contributed by atoms with Gasteiger partial charge in [0.05, 0.1) is 12.0 Å². The molecule has 0 heterocycles. The van der Waals surface area contributed by atoms with Gasteiger partial charge in [0.15, 0.2) is 0 Å². The second-order valence-corrected chi connectivity index (χ2v) is 4.62. The molecule has 1 aromatic rings. The van der Waals surface area contributed by atoms with Crippen molar-refractivity contribution in [2.45, 2.75) is 27.2 Å². The van der Waals surface area contributed by atoms with Gasteiger partial charge in [-0.3, -0.25) is 4.79 Å². The summed E-state index contributed by atoms with van der Waals surface area (Å²) in [5.41, 5.74) is 0.688. The van der Waals surface area contributed by atoms with E-state index in [0.29, 0.717) is 13.0 Å². The van der Waals surface area contributed by atoms with Crippen molar-refractivity contribution in [3.05, 3.63) is 42.0 Å². The zero-order chi connectivity index (χ0) is 12.7. The number of hydrogen-bond donors (Lipinski definition) is 0. The summed E-state index contributed by atoms with van der Waals surface area (Å²) in [7, 11) is 0. The van der Waals surface area contributed by atoms with Crippen LogP contribution in [0.25, 0.3) is 6.08 Å². The molecule has 17 heavy (non-hydrogen) atoms. The number of hydrogen-bond acceptors (Lipinski definition) is 2. The Labute approximate surface area is 103 Å². The highest BCUT2D eigenvalue weighted by molar-refractivity contribution is 5.76. The van der Waals surface area contributed by atoms with Gasteiger partial charge in [0, 0.05) is 0 Å². The number of carbonyl (C=O) groups is 1. The lowest BCUT2D eigenvalue weighted by Crippen LogP contribution is -2.25. The van der Waals surface area contributed by atoms with Crippen molar-refractivity contribution >= 4 is 12.0 Å². The number of carbonyl (C=O) groups excluding carboxylic acids is 1. The average Bonchev–Trinajstić information content (AvgIpc) is 2.30. The largest absolute Gasteiger partial charge is 0.466 e. The summed E-state index contributed by atoms with van der Waals surface area (Å²) in [4.78, 5) is 11.7. The standard InChI is InChI=1S/C15H20O2/c1-4-17-14(16)15(2,3)12-8-11-13-9-6-5-7-10-13/h5-11H,4,12H2,1-3H3/b11-8+. The summed E-state index contributed by atoms with van der Waals surface area (Å²) in [6, 6.07) is 10.0. The van der Waals surface area contributed by atoms with E-state index < -0.39 is 5.41 Å². The van der Waals surface area contributed by atoms with Gasteiger partial charge in [-0.05, 0) is 32.8 Å². The molecule has 0 fully saturated rings. The Morgan fingerprint density at radius 3 is 2.53 bits per heavy atom. The molecule has 1 aromatic carbocycles. The lowest BCUT2D eigenvalue weighted by Gasteiger charge is -2.20. The number of esters is 1. The van der Waals surface area contributed by atoms with Crippen molar-refractivity contribution in [3.63, 3.8) is 0 Å². The zero-order valence-corrected chi connectivity index (χ0v) is 10.8. The Morgan fingerprint density at radius 1 is 1.29 bits per heavy atom. The van der Waals surface area contributed by atoms with E-state index in [1.54, 1.807) is 0 Å². The van der Waals surface area contributed by atoms with Gasteiger partial charge in [0.1, 0.15) is 0 Å². The quantitative estimate of drug-likeness (QED) is 0.724.